The van der Waals surface area contributed by atoms with Crippen molar-refractivity contribution >= 4 is 5.91 Å². The Morgan fingerprint density at radius 1 is 1.23 bits per heavy atom. The van der Waals surface area contributed by atoms with Crippen LogP contribution in [0.3, 0.4) is 0 Å². The fraction of sp³-hybridized carbons (Fsp3) is 0.438. The lowest BCUT2D eigenvalue weighted by Gasteiger charge is -2.18. The van der Waals surface area contributed by atoms with E-state index in [-0.39, 0.29) is 11.9 Å². The predicted octanol–water partition coefficient (Wildman–Crippen LogP) is 1.55. The van der Waals surface area contributed by atoms with Crippen molar-refractivity contribution in [2.75, 3.05) is 13.1 Å². The Bertz CT molecular complexity index is 668. The van der Waals surface area contributed by atoms with Gasteiger partial charge in [0, 0.05) is 30.3 Å². The van der Waals surface area contributed by atoms with Crippen LogP contribution in [-0.2, 0) is 0 Å². The molecule has 0 spiro atoms. The molecule has 0 bridgehead atoms. The molecule has 2 heterocycles. The van der Waals surface area contributed by atoms with Gasteiger partial charge in [0.25, 0.3) is 5.91 Å². The molecule has 3 unspecified atom stereocenters. The van der Waals surface area contributed by atoms with Gasteiger partial charge in [0.05, 0.1) is 0 Å². The van der Waals surface area contributed by atoms with Gasteiger partial charge in [-0.3, -0.25) is 4.79 Å². The number of aromatic nitrogens is 2. The number of nitrogens with two attached hydrogens (primary N) is 1. The second kappa shape index (κ2) is 5.21. The first-order chi connectivity index (χ1) is 10.7. The van der Waals surface area contributed by atoms with E-state index in [4.69, 9.17) is 10.3 Å². The normalized spacial score (nSPS) is 27.1. The van der Waals surface area contributed by atoms with E-state index in [0.29, 0.717) is 23.2 Å². The fourth-order valence-corrected chi connectivity index (χ4v) is 3.72. The molecule has 2 aromatic rings. The predicted molar refractivity (Wildman–Crippen MR) is 79.8 cm³/mol. The molecule has 3 atom stereocenters. The van der Waals surface area contributed by atoms with Gasteiger partial charge in [0.15, 0.2) is 0 Å². The summed E-state index contributed by atoms with van der Waals surface area (Å²) in [6.45, 7) is 1.63. The second-order valence-electron chi connectivity index (χ2n) is 6.21. The monoisotopic (exact) mass is 298 g/mol. The molecule has 0 radical (unpaired) electrons. The van der Waals surface area contributed by atoms with Crippen LogP contribution < -0.4 is 5.73 Å². The van der Waals surface area contributed by atoms with Gasteiger partial charge in [0.1, 0.15) is 0 Å². The first-order valence-electron chi connectivity index (χ1n) is 7.64. The molecule has 6 heteroatoms. The molecular formula is C16H18N4O2. The standard InChI is InChI=1S/C16H18N4O2/c17-14-6-5-12-7-20(8-13(12)14)16(21)11-3-1-10(2-4-11)15-18-9-22-19-15/h1-4,9,12-14H,5-8,17H2. The summed E-state index contributed by atoms with van der Waals surface area (Å²) in [7, 11) is 0. The first kappa shape index (κ1) is 13.5. The quantitative estimate of drug-likeness (QED) is 0.909. The van der Waals surface area contributed by atoms with Crippen LogP contribution in [0.2, 0.25) is 0 Å². The minimum atomic E-state index is 0.0845. The number of carbonyl (C=O) groups excluding carboxylic acids is 1. The number of benzene rings is 1. The van der Waals surface area contributed by atoms with E-state index < -0.39 is 0 Å². The maximum Gasteiger partial charge on any atom is 0.253 e. The molecule has 1 aliphatic heterocycles. The Morgan fingerprint density at radius 2 is 2.05 bits per heavy atom. The average molecular weight is 298 g/mol. The summed E-state index contributed by atoms with van der Waals surface area (Å²) in [6, 6.07) is 7.59. The molecule has 1 aromatic heterocycles. The highest BCUT2D eigenvalue weighted by atomic mass is 16.5. The smallest absolute Gasteiger partial charge is 0.253 e. The highest BCUT2D eigenvalue weighted by Gasteiger charge is 2.42. The largest absolute Gasteiger partial charge is 0.342 e. The average Bonchev–Trinajstić information content (AvgIpc) is 3.26. The Morgan fingerprint density at radius 3 is 2.73 bits per heavy atom. The van der Waals surface area contributed by atoms with Crippen molar-refractivity contribution in [1.82, 2.24) is 15.0 Å². The van der Waals surface area contributed by atoms with E-state index in [0.717, 1.165) is 31.5 Å². The molecule has 1 aromatic carbocycles. The Kier molecular flexibility index (Phi) is 3.18. The Hall–Kier alpha value is -2.21. The number of hydrogen-bond acceptors (Lipinski definition) is 5. The molecule has 1 saturated carbocycles. The van der Waals surface area contributed by atoms with E-state index in [2.05, 4.69) is 10.1 Å². The minimum Gasteiger partial charge on any atom is -0.342 e. The first-order valence-corrected chi connectivity index (χ1v) is 7.64. The number of nitrogens with zero attached hydrogens (tertiary/aromatic N) is 3. The van der Waals surface area contributed by atoms with Gasteiger partial charge < -0.3 is 15.2 Å². The zero-order valence-electron chi connectivity index (χ0n) is 12.2. The van der Waals surface area contributed by atoms with E-state index in [1.165, 1.54) is 6.39 Å². The van der Waals surface area contributed by atoms with Gasteiger partial charge in [-0.1, -0.05) is 17.3 Å². The maximum absolute atomic E-state index is 12.6. The summed E-state index contributed by atoms with van der Waals surface area (Å²) in [4.78, 5) is 18.6. The summed E-state index contributed by atoms with van der Waals surface area (Å²) >= 11 is 0. The summed E-state index contributed by atoms with van der Waals surface area (Å²) in [5.41, 5.74) is 7.67. The summed E-state index contributed by atoms with van der Waals surface area (Å²) in [5.74, 6) is 1.67. The molecule has 2 fully saturated rings. The fourth-order valence-electron chi connectivity index (χ4n) is 3.72. The highest BCUT2D eigenvalue weighted by molar-refractivity contribution is 5.94. The number of carbonyl (C=O) groups is 1. The minimum absolute atomic E-state index is 0.0845. The van der Waals surface area contributed by atoms with Gasteiger partial charge in [0.2, 0.25) is 12.2 Å². The molecule has 1 saturated heterocycles. The Labute approximate surface area is 128 Å². The molecule has 22 heavy (non-hydrogen) atoms. The van der Waals surface area contributed by atoms with Crippen LogP contribution in [0.15, 0.2) is 35.2 Å². The van der Waals surface area contributed by atoms with Gasteiger partial charge >= 0.3 is 0 Å². The third-order valence-electron chi connectivity index (χ3n) is 4.95. The van der Waals surface area contributed by atoms with Gasteiger partial charge in [-0.15, -0.1) is 0 Å². The highest BCUT2D eigenvalue weighted by Crippen LogP contribution is 2.37. The van der Waals surface area contributed by atoms with E-state index in [1.54, 1.807) is 0 Å². The molecule has 1 aliphatic carbocycles. The van der Waals surface area contributed by atoms with Crippen molar-refractivity contribution in [2.45, 2.75) is 18.9 Å². The van der Waals surface area contributed by atoms with Crippen LogP contribution >= 0.6 is 0 Å². The van der Waals surface area contributed by atoms with Crippen molar-refractivity contribution in [3.8, 4) is 11.4 Å². The molecule has 4 rings (SSSR count). The maximum atomic E-state index is 12.6. The molecule has 2 N–H and O–H groups in total. The second-order valence-corrected chi connectivity index (χ2v) is 6.21. The summed E-state index contributed by atoms with van der Waals surface area (Å²) in [6.07, 6.45) is 3.53. The lowest BCUT2D eigenvalue weighted by molar-refractivity contribution is 0.0779. The number of likely N-dealkylation sites (tertiary alicyclic amines) is 1. The van der Waals surface area contributed by atoms with Crippen molar-refractivity contribution in [3.05, 3.63) is 36.2 Å². The topological polar surface area (TPSA) is 85.2 Å². The van der Waals surface area contributed by atoms with Crippen molar-refractivity contribution in [2.24, 2.45) is 17.6 Å². The van der Waals surface area contributed by atoms with Crippen molar-refractivity contribution in [3.63, 3.8) is 0 Å². The van der Waals surface area contributed by atoms with Crippen LogP contribution in [-0.4, -0.2) is 40.1 Å². The molecular weight excluding hydrogens is 280 g/mol. The molecule has 6 nitrogen and oxygen atoms in total. The zero-order valence-corrected chi connectivity index (χ0v) is 12.2. The van der Waals surface area contributed by atoms with Gasteiger partial charge in [-0.05, 0) is 36.8 Å². The zero-order chi connectivity index (χ0) is 15.1. The van der Waals surface area contributed by atoms with Crippen LogP contribution in [0.1, 0.15) is 23.2 Å². The molecule has 2 aliphatic rings. The van der Waals surface area contributed by atoms with Crippen molar-refractivity contribution < 1.29 is 9.32 Å². The number of fused-ring (bicyclic) bond motifs is 1. The summed E-state index contributed by atoms with van der Waals surface area (Å²) in [5, 5.41) is 3.79. The number of rotatable bonds is 2. The third-order valence-corrected chi connectivity index (χ3v) is 4.95. The summed E-state index contributed by atoms with van der Waals surface area (Å²) < 4.78 is 4.73. The van der Waals surface area contributed by atoms with Gasteiger partial charge in [-0.2, -0.15) is 4.98 Å². The third kappa shape index (κ3) is 2.20. The SMILES string of the molecule is NC1CCC2CN(C(=O)c3ccc(-c4ncon4)cc3)CC12. The van der Waals surface area contributed by atoms with E-state index in [1.807, 2.05) is 29.2 Å². The lowest BCUT2D eigenvalue weighted by atomic mass is 9.98. The van der Waals surface area contributed by atoms with E-state index in [9.17, 15) is 4.79 Å². The number of hydrogen-bond donors (Lipinski definition) is 1. The van der Waals surface area contributed by atoms with Crippen LogP contribution in [0.25, 0.3) is 11.4 Å². The lowest BCUT2D eigenvalue weighted by Crippen LogP contribution is -2.33. The van der Waals surface area contributed by atoms with Crippen LogP contribution in [0.4, 0.5) is 0 Å². The Balaban J connectivity index is 1.49. The van der Waals surface area contributed by atoms with Crippen LogP contribution in [0.5, 0.6) is 0 Å². The van der Waals surface area contributed by atoms with Gasteiger partial charge in [-0.25, -0.2) is 0 Å². The molecule has 114 valence electrons. The van der Waals surface area contributed by atoms with Crippen LogP contribution in [0, 0.1) is 11.8 Å². The van der Waals surface area contributed by atoms with Crippen molar-refractivity contribution in [1.29, 1.82) is 0 Å². The number of amides is 1. The van der Waals surface area contributed by atoms with E-state index >= 15 is 0 Å². The molecule has 1 amide bonds.